The quantitative estimate of drug-likeness (QED) is 0.644. The summed E-state index contributed by atoms with van der Waals surface area (Å²) in [4.78, 5) is 6.15. The summed E-state index contributed by atoms with van der Waals surface area (Å²) in [5.41, 5.74) is 2.65. The standard InChI is InChI=1S/C20H23N5O3S/c1-23-19(13-6-8-21-9-7-13)22-25(20(23)29)12-24-10-14-16(27-2)4-5-17(28-3)18(14)15(26)11-24/h4-9,15,26H,10-12H2,1-3H3/t15-/m0/s1. The van der Waals surface area contributed by atoms with E-state index in [2.05, 4.69) is 9.88 Å². The molecule has 1 N–H and O–H groups in total. The molecular formula is C20H23N5O3S. The molecule has 0 unspecified atom stereocenters. The van der Waals surface area contributed by atoms with E-state index in [4.69, 9.17) is 26.8 Å². The molecule has 2 aromatic heterocycles. The van der Waals surface area contributed by atoms with Crippen molar-refractivity contribution in [2.45, 2.75) is 19.3 Å². The molecule has 0 fully saturated rings. The first-order chi connectivity index (χ1) is 14.0. The van der Waals surface area contributed by atoms with Crippen LogP contribution in [0.25, 0.3) is 11.4 Å². The number of benzene rings is 1. The van der Waals surface area contributed by atoms with Gasteiger partial charge in [-0.05, 0) is 36.5 Å². The molecule has 1 aliphatic heterocycles. The Bertz CT molecular complexity index is 1080. The summed E-state index contributed by atoms with van der Waals surface area (Å²) in [6.07, 6.45) is 2.77. The highest BCUT2D eigenvalue weighted by molar-refractivity contribution is 7.71. The molecule has 3 heterocycles. The van der Waals surface area contributed by atoms with Gasteiger partial charge in [0.05, 0.1) is 27.0 Å². The number of aliphatic hydroxyl groups excluding tert-OH is 1. The van der Waals surface area contributed by atoms with Gasteiger partial charge >= 0.3 is 0 Å². The van der Waals surface area contributed by atoms with E-state index in [0.29, 0.717) is 30.3 Å². The monoisotopic (exact) mass is 413 g/mol. The maximum absolute atomic E-state index is 10.8. The van der Waals surface area contributed by atoms with Gasteiger partial charge in [-0.1, -0.05) is 0 Å². The van der Waals surface area contributed by atoms with Crippen LogP contribution in [-0.2, 0) is 20.3 Å². The number of hydrogen-bond acceptors (Lipinski definition) is 7. The molecule has 0 saturated heterocycles. The molecule has 4 rings (SSSR count). The Balaban J connectivity index is 1.65. The molecule has 1 atom stereocenters. The summed E-state index contributed by atoms with van der Waals surface area (Å²) in [5.74, 6) is 2.17. The molecule has 1 aromatic carbocycles. The summed E-state index contributed by atoms with van der Waals surface area (Å²) in [7, 11) is 5.13. The number of aliphatic hydroxyl groups is 1. The molecule has 0 aliphatic carbocycles. The van der Waals surface area contributed by atoms with E-state index in [1.165, 1.54) is 0 Å². The van der Waals surface area contributed by atoms with E-state index >= 15 is 0 Å². The fraction of sp³-hybridized carbons (Fsp3) is 0.350. The van der Waals surface area contributed by atoms with Gasteiger partial charge in [0.25, 0.3) is 0 Å². The topological polar surface area (TPSA) is 77.6 Å². The van der Waals surface area contributed by atoms with Gasteiger partial charge < -0.3 is 19.1 Å². The smallest absolute Gasteiger partial charge is 0.199 e. The maximum atomic E-state index is 10.8. The van der Waals surface area contributed by atoms with E-state index in [1.54, 1.807) is 31.3 Å². The second-order valence-corrected chi connectivity index (χ2v) is 7.30. The fourth-order valence-corrected chi connectivity index (χ4v) is 3.96. The van der Waals surface area contributed by atoms with Crippen LogP contribution in [0, 0.1) is 4.77 Å². The molecule has 9 heteroatoms. The third-order valence-corrected chi connectivity index (χ3v) is 5.66. The second kappa shape index (κ2) is 7.94. The van der Waals surface area contributed by atoms with Crippen LogP contribution in [-0.4, -0.2) is 50.1 Å². The second-order valence-electron chi connectivity index (χ2n) is 6.93. The molecule has 0 saturated carbocycles. The van der Waals surface area contributed by atoms with Gasteiger partial charge in [-0.3, -0.25) is 9.88 Å². The van der Waals surface area contributed by atoms with Gasteiger partial charge in [0, 0.05) is 49.2 Å². The average molecular weight is 414 g/mol. The summed E-state index contributed by atoms with van der Waals surface area (Å²) in [5, 5.41) is 15.5. The van der Waals surface area contributed by atoms with Crippen LogP contribution >= 0.6 is 12.2 Å². The molecule has 0 amide bonds. The van der Waals surface area contributed by atoms with Crippen molar-refractivity contribution in [2.24, 2.45) is 7.05 Å². The third-order valence-electron chi connectivity index (χ3n) is 5.17. The van der Waals surface area contributed by atoms with Gasteiger partial charge in [0.2, 0.25) is 0 Å². The van der Waals surface area contributed by atoms with Gasteiger partial charge in [0.15, 0.2) is 10.6 Å². The summed E-state index contributed by atoms with van der Waals surface area (Å²) in [6.45, 7) is 1.49. The van der Waals surface area contributed by atoms with Crippen LogP contribution in [0.3, 0.4) is 0 Å². The van der Waals surface area contributed by atoms with E-state index in [-0.39, 0.29) is 0 Å². The number of ether oxygens (including phenoxy) is 2. The summed E-state index contributed by atoms with van der Waals surface area (Å²) < 4.78 is 15.2. The fourth-order valence-electron chi connectivity index (χ4n) is 3.77. The Morgan fingerprint density at radius 1 is 1.14 bits per heavy atom. The average Bonchev–Trinajstić information content (AvgIpc) is 3.02. The molecule has 8 nitrogen and oxygen atoms in total. The molecular weight excluding hydrogens is 390 g/mol. The van der Waals surface area contributed by atoms with Crippen LogP contribution < -0.4 is 9.47 Å². The Kier molecular flexibility index (Phi) is 5.35. The third kappa shape index (κ3) is 3.52. The minimum atomic E-state index is -0.693. The lowest BCUT2D eigenvalue weighted by Crippen LogP contribution is -2.36. The molecule has 152 valence electrons. The van der Waals surface area contributed by atoms with Crippen molar-refractivity contribution in [2.75, 3.05) is 20.8 Å². The zero-order valence-electron chi connectivity index (χ0n) is 16.6. The Morgan fingerprint density at radius 2 is 1.83 bits per heavy atom. The number of β-amino-alcohol motifs (C(OH)–C–C–N with tert-alkyl or cyclic N) is 1. The minimum Gasteiger partial charge on any atom is -0.496 e. The van der Waals surface area contributed by atoms with E-state index < -0.39 is 6.10 Å². The number of hydrogen-bond donors (Lipinski definition) is 1. The van der Waals surface area contributed by atoms with E-state index in [9.17, 15) is 5.11 Å². The van der Waals surface area contributed by atoms with Gasteiger partial charge in [0.1, 0.15) is 11.5 Å². The first kappa shape index (κ1) is 19.6. The molecule has 3 aromatic rings. The first-order valence-electron chi connectivity index (χ1n) is 9.22. The first-order valence-corrected chi connectivity index (χ1v) is 9.62. The van der Waals surface area contributed by atoms with Crippen LogP contribution in [0.5, 0.6) is 11.5 Å². The minimum absolute atomic E-state index is 0.444. The number of aromatic nitrogens is 4. The lowest BCUT2D eigenvalue weighted by molar-refractivity contribution is 0.0670. The number of methoxy groups -OCH3 is 2. The van der Waals surface area contributed by atoms with Gasteiger partial charge in [-0.25, -0.2) is 4.68 Å². The summed E-state index contributed by atoms with van der Waals surface area (Å²) in [6, 6.07) is 7.49. The summed E-state index contributed by atoms with van der Waals surface area (Å²) >= 11 is 5.59. The van der Waals surface area contributed by atoms with Crippen molar-refractivity contribution < 1.29 is 14.6 Å². The number of pyridine rings is 1. The highest BCUT2D eigenvalue weighted by atomic mass is 32.1. The van der Waals surface area contributed by atoms with Crippen LogP contribution in [0.2, 0.25) is 0 Å². The largest absolute Gasteiger partial charge is 0.496 e. The predicted octanol–water partition coefficient (Wildman–Crippen LogP) is 2.54. The van der Waals surface area contributed by atoms with Crippen molar-refractivity contribution in [3.63, 3.8) is 0 Å². The van der Waals surface area contributed by atoms with Gasteiger partial charge in [-0.15, -0.1) is 0 Å². The van der Waals surface area contributed by atoms with Crippen LogP contribution in [0.15, 0.2) is 36.7 Å². The van der Waals surface area contributed by atoms with Crippen molar-refractivity contribution in [1.82, 2.24) is 24.2 Å². The van der Waals surface area contributed by atoms with E-state index in [1.807, 2.05) is 35.9 Å². The normalized spacial score (nSPS) is 16.5. The lowest BCUT2D eigenvalue weighted by atomic mass is 9.95. The molecule has 0 radical (unpaired) electrons. The van der Waals surface area contributed by atoms with Crippen molar-refractivity contribution in [1.29, 1.82) is 0 Å². The molecule has 29 heavy (non-hydrogen) atoms. The van der Waals surface area contributed by atoms with Crippen LogP contribution in [0.4, 0.5) is 0 Å². The SMILES string of the molecule is COc1ccc(OC)c2c1CN(Cn1nc(-c3ccncc3)n(C)c1=S)C[C@@H]2O. The molecule has 0 bridgehead atoms. The number of nitrogens with zero attached hydrogens (tertiary/aromatic N) is 5. The molecule has 1 aliphatic rings. The Labute approximate surface area is 173 Å². The van der Waals surface area contributed by atoms with Crippen molar-refractivity contribution in [3.05, 3.63) is 52.6 Å². The van der Waals surface area contributed by atoms with Crippen LogP contribution in [0.1, 0.15) is 17.2 Å². The Hall–Kier alpha value is -2.75. The highest BCUT2D eigenvalue weighted by Crippen LogP contribution is 2.39. The van der Waals surface area contributed by atoms with Crippen molar-refractivity contribution in [3.8, 4) is 22.9 Å². The zero-order chi connectivity index (χ0) is 20.5. The maximum Gasteiger partial charge on any atom is 0.199 e. The lowest BCUT2D eigenvalue weighted by Gasteiger charge is -2.33. The van der Waals surface area contributed by atoms with Crippen molar-refractivity contribution >= 4 is 12.2 Å². The zero-order valence-corrected chi connectivity index (χ0v) is 17.4. The Morgan fingerprint density at radius 3 is 2.52 bits per heavy atom. The number of rotatable bonds is 5. The van der Waals surface area contributed by atoms with Gasteiger partial charge in [-0.2, -0.15) is 5.10 Å². The predicted molar refractivity (Wildman–Crippen MR) is 110 cm³/mol. The highest BCUT2D eigenvalue weighted by Gasteiger charge is 2.30. The van der Waals surface area contributed by atoms with E-state index in [0.717, 1.165) is 28.3 Å². The number of fused-ring (bicyclic) bond motifs is 1. The molecule has 0 spiro atoms.